The van der Waals surface area contributed by atoms with Gasteiger partial charge in [-0.1, -0.05) is 44.2 Å². The molecule has 0 radical (unpaired) electrons. The highest BCUT2D eigenvalue weighted by Gasteiger charge is 2.35. The van der Waals surface area contributed by atoms with Crippen LogP contribution in [0.4, 0.5) is 0 Å². The maximum Gasteiger partial charge on any atom is 0.236 e. The summed E-state index contributed by atoms with van der Waals surface area (Å²) in [5, 5.41) is 0. The molecular weight excluding hydrogens is 262 g/mol. The predicted molar refractivity (Wildman–Crippen MR) is 85.7 cm³/mol. The van der Waals surface area contributed by atoms with E-state index in [1.165, 1.54) is 5.56 Å². The number of amides is 1. The molecule has 0 bridgehead atoms. The third-order valence-electron chi connectivity index (χ3n) is 4.37. The van der Waals surface area contributed by atoms with E-state index in [-0.39, 0.29) is 17.4 Å². The van der Waals surface area contributed by atoms with Gasteiger partial charge in [0.05, 0.1) is 6.54 Å². The Labute approximate surface area is 127 Å². The van der Waals surface area contributed by atoms with E-state index in [1.807, 2.05) is 30.1 Å². The Morgan fingerprint density at radius 3 is 2.67 bits per heavy atom. The van der Waals surface area contributed by atoms with Crippen LogP contribution < -0.4 is 5.73 Å². The molecule has 2 rings (SSSR count). The number of likely N-dealkylation sites (N-methyl/N-ethyl adjacent to an activating group) is 1. The smallest absolute Gasteiger partial charge is 0.236 e. The molecule has 1 aromatic carbocycles. The van der Waals surface area contributed by atoms with Crippen molar-refractivity contribution in [2.75, 3.05) is 26.7 Å². The van der Waals surface area contributed by atoms with Crippen LogP contribution in [0.3, 0.4) is 0 Å². The van der Waals surface area contributed by atoms with Crippen LogP contribution in [0, 0.1) is 5.41 Å². The quantitative estimate of drug-likeness (QED) is 0.918. The van der Waals surface area contributed by atoms with Gasteiger partial charge in [0.15, 0.2) is 0 Å². The minimum absolute atomic E-state index is 0.00586. The molecule has 0 saturated carbocycles. The molecular formula is C17H27N3O. The average Bonchev–Trinajstić information content (AvgIpc) is 2.42. The van der Waals surface area contributed by atoms with Crippen LogP contribution in [0.1, 0.15) is 25.8 Å². The highest BCUT2D eigenvalue weighted by atomic mass is 16.2. The molecule has 1 atom stereocenters. The third-order valence-corrected chi connectivity index (χ3v) is 4.37. The van der Waals surface area contributed by atoms with Crippen LogP contribution in [0.25, 0.3) is 0 Å². The normalized spacial score (nSPS) is 21.6. The van der Waals surface area contributed by atoms with Crippen molar-refractivity contribution in [2.45, 2.75) is 32.9 Å². The molecule has 1 amide bonds. The first kappa shape index (κ1) is 16.0. The van der Waals surface area contributed by atoms with Crippen molar-refractivity contribution in [3.8, 4) is 0 Å². The molecule has 1 saturated heterocycles. The highest BCUT2D eigenvalue weighted by molar-refractivity contribution is 5.78. The van der Waals surface area contributed by atoms with Crippen LogP contribution in [-0.2, 0) is 11.3 Å². The molecule has 116 valence electrons. The van der Waals surface area contributed by atoms with Crippen molar-refractivity contribution < 1.29 is 4.79 Å². The SMILES string of the molecule is CN(CC(=O)N1CCC(N)C(C)(C)C1)Cc1ccccc1. The van der Waals surface area contributed by atoms with Crippen molar-refractivity contribution in [1.29, 1.82) is 0 Å². The van der Waals surface area contributed by atoms with E-state index in [4.69, 9.17) is 5.73 Å². The number of nitrogens with two attached hydrogens (primary N) is 1. The number of nitrogens with zero attached hydrogens (tertiary/aromatic N) is 2. The minimum Gasteiger partial charge on any atom is -0.341 e. The zero-order chi connectivity index (χ0) is 15.5. The molecule has 1 heterocycles. The van der Waals surface area contributed by atoms with Gasteiger partial charge in [-0.05, 0) is 24.4 Å². The number of hydrogen-bond donors (Lipinski definition) is 1. The lowest BCUT2D eigenvalue weighted by molar-refractivity contribution is -0.135. The van der Waals surface area contributed by atoms with E-state index in [9.17, 15) is 4.79 Å². The van der Waals surface area contributed by atoms with Crippen molar-refractivity contribution >= 4 is 5.91 Å². The van der Waals surface area contributed by atoms with Gasteiger partial charge in [0.1, 0.15) is 0 Å². The predicted octanol–water partition coefficient (Wildman–Crippen LogP) is 1.70. The van der Waals surface area contributed by atoms with Gasteiger partial charge in [-0.3, -0.25) is 9.69 Å². The number of likely N-dealkylation sites (tertiary alicyclic amines) is 1. The van der Waals surface area contributed by atoms with Gasteiger partial charge < -0.3 is 10.6 Å². The third kappa shape index (κ3) is 4.29. The first-order valence-electron chi connectivity index (χ1n) is 7.64. The van der Waals surface area contributed by atoms with Crippen LogP contribution in [0.2, 0.25) is 0 Å². The largest absolute Gasteiger partial charge is 0.341 e. The zero-order valence-corrected chi connectivity index (χ0v) is 13.4. The van der Waals surface area contributed by atoms with Gasteiger partial charge in [0.2, 0.25) is 5.91 Å². The van der Waals surface area contributed by atoms with Crippen LogP contribution in [0.15, 0.2) is 30.3 Å². The summed E-state index contributed by atoms with van der Waals surface area (Å²) in [6.45, 7) is 7.08. The van der Waals surface area contributed by atoms with Crippen LogP contribution in [-0.4, -0.2) is 48.4 Å². The van der Waals surface area contributed by atoms with Crippen LogP contribution >= 0.6 is 0 Å². The lowest BCUT2D eigenvalue weighted by atomic mass is 9.79. The summed E-state index contributed by atoms with van der Waals surface area (Å²) < 4.78 is 0. The standard InChI is InChI=1S/C17H27N3O/c1-17(2)13-20(10-9-15(17)18)16(21)12-19(3)11-14-7-5-4-6-8-14/h4-8,15H,9-13,18H2,1-3H3. The van der Waals surface area contributed by atoms with Crippen molar-refractivity contribution in [3.05, 3.63) is 35.9 Å². The van der Waals surface area contributed by atoms with Gasteiger partial charge in [-0.15, -0.1) is 0 Å². The second kappa shape index (κ2) is 6.58. The molecule has 21 heavy (non-hydrogen) atoms. The highest BCUT2D eigenvalue weighted by Crippen LogP contribution is 2.27. The van der Waals surface area contributed by atoms with E-state index in [1.54, 1.807) is 0 Å². The maximum absolute atomic E-state index is 12.4. The topological polar surface area (TPSA) is 49.6 Å². The maximum atomic E-state index is 12.4. The average molecular weight is 289 g/mol. The van der Waals surface area contributed by atoms with Gasteiger partial charge in [-0.25, -0.2) is 0 Å². The lowest BCUT2D eigenvalue weighted by Crippen LogP contribution is -2.55. The Balaban J connectivity index is 1.86. The summed E-state index contributed by atoms with van der Waals surface area (Å²) >= 11 is 0. The molecule has 1 aliphatic heterocycles. The Morgan fingerprint density at radius 1 is 1.38 bits per heavy atom. The summed E-state index contributed by atoms with van der Waals surface area (Å²) in [6.07, 6.45) is 0.890. The fraction of sp³-hybridized carbons (Fsp3) is 0.588. The second-order valence-electron chi connectivity index (χ2n) is 6.86. The molecule has 1 unspecified atom stereocenters. The molecule has 0 aromatic heterocycles. The molecule has 1 fully saturated rings. The Bertz CT molecular complexity index is 472. The fourth-order valence-corrected chi connectivity index (χ4v) is 2.87. The molecule has 4 heteroatoms. The van der Waals surface area contributed by atoms with E-state index < -0.39 is 0 Å². The van der Waals surface area contributed by atoms with E-state index >= 15 is 0 Å². The summed E-state index contributed by atoms with van der Waals surface area (Å²) in [5.41, 5.74) is 7.37. The molecule has 0 spiro atoms. The van der Waals surface area contributed by atoms with Crippen molar-refractivity contribution in [2.24, 2.45) is 11.1 Å². The van der Waals surface area contributed by atoms with Gasteiger partial charge in [0, 0.05) is 25.7 Å². The first-order valence-corrected chi connectivity index (χ1v) is 7.64. The molecule has 4 nitrogen and oxygen atoms in total. The van der Waals surface area contributed by atoms with Crippen molar-refractivity contribution in [1.82, 2.24) is 9.80 Å². The van der Waals surface area contributed by atoms with E-state index in [0.29, 0.717) is 6.54 Å². The fourth-order valence-electron chi connectivity index (χ4n) is 2.87. The zero-order valence-electron chi connectivity index (χ0n) is 13.4. The summed E-state index contributed by atoms with van der Waals surface area (Å²) in [7, 11) is 1.99. The number of carbonyl (C=O) groups excluding carboxylic acids is 1. The number of rotatable bonds is 4. The Morgan fingerprint density at radius 2 is 2.05 bits per heavy atom. The second-order valence-corrected chi connectivity index (χ2v) is 6.86. The number of piperidine rings is 1. The minimum atomic E-state index is 0.00586. The Kier molecular flexibility index (Phi) is 5.01. The van der Waals surface area contributed by atoms with Gasteiger partial charge in [-0.2, -0.15) is 0 Å². The molecule has 1 aromatic rings. The number of carbonyl (C=O) groups is 1. The van der Waals surface area contributed by atoms with E-state index in [0.717, 1.165) is 26.1 Å². The van der Waals surface area contributed by atoms with E-state index in [2.05, 4.69) is 30.9 Å². The summed E-state index contributed by atoms with van der Waals surface area (Å²) in [4.78, 5) is 16.5. The van der Waals surface area contributed by atoms with Gasteiger partial charge >= 0.3 is 0 Å². The van der Waals surface area contributed by atoms with Gasteiger partial charge in [0.25, 0.3) is 0 Å². The number of benzene rings is 1. The molecule has 1 aliphatic rings. The van der Waals surface area contributed by atoms with Crippen LogP contribution in [0.5, 0.6) is 0 Å². The lowest BCUT2D eigenvalue weighted by Gasteiger charge is -2.43. The van der Waals surface area contributed by atoms with Crippen molar-refractivity contribution in [3.63, 3.8) is 0 Å². The number of hydrogen-bond acceptors (Lipinski definition) is 3. The monoisotopic (exact) mass is 289 g/mol. The first-order chi connectivity index (χ1) is 9.88. The Hall–Kier alpha value is -1.39. The molecule has 0 aliphatic carbocycles. The summed E-state index contributed by atoms with van der Waals surface area (Å²) in [6, 6.07) is 10.4. The summed E-state index contributed by atoms with van der Waals surface area (Å²) in [5.74, 6) is 0.202. The molecule has 2 N–H and O–H groups in total.